The molecule has 1 atom stereocenters. The molecule has 2 aliphatic rings. The van der Waals surface area contributed by atoms with Gasteiger partial charge in [0.2, 0.25) is 5.91 Å². The van der Waals surface area contributed by atoms with Crippen molar-refractivity contribution in [2.75, 3.05) is 6.54 Å². The maximum Gasteiger partial charge on any atom is 0.229 e. The Kier molecular flexibility index (Phi) is 5.45. The van der Waals surface area contributed by atoms with Crippen LogP contribution in [0.25, 0.3) is 0 Å². The summed E-state index contributed by atoms with van der Waals surface area (Å²) >= 11 is 0. The predicted octanol–water partition coefficient (Wildman–Crippen LogP) is 3.95. The number of amides is 1. The largest absolute Gasteiger partial charge is 0.339 e. The van der Waals surface area contributed by atoms with Crippen LogP contribution in [0.2, 0.25) is 0 Å². The highest BCUT2D eigenvalue weighted by Gasteiger charge is 2.45. The summed E-state index contributed by atoms with van der Waals surface area (Å²) in [6.45, 7) is 6.94. The van der Waals surface area contributed by atoms with Crippen LogP contribution < -0.4 is 0 Å². The second-order valence-electron chi connectivity index (χ2n) is 7.64. The zero-order valence-electron chi connectivity index (χ0n) is 14.0. The van der Waals surface area contributed by atoms with Crippen molar-refractivity contribution in [2.24, 2.45) is 11.3 Å². The number of rotatable bonds is 5. The minimum atomic E-state index is -0.124. The molecule has 0 spiro atoms. The quantitative estimate of drug-likeness (QED) is 0.769. The van der Waals surface area contributed by atoms with Crippen LogP contribution in [0.5, 0.6) is 0 Å². The van der Waals surface area contributed by atoms with Gasteiger partial charge in [0.25, 0.3) is 0 Å². The molecule has 0 bridgehead atoms. The molecule has 0 aromatic rings. The number of nitrogens with zero attached hydrogens (tertiary/aromatic N) is 1. The first-order valence-electron chi connectivity index (χ1n) is 8.75. The first kappa shape index (κ1) is 16.5. The van der Waals surface area contributed by atoms with Gasteiger partial charge in [-0.1, -0.05) is 26.7 Å². The van der Waals surface area contributed by atoms with Crippen molar-refractivity contribution in [1.29, 1.82) is 0 Å². The number of ketones is 1. The van der Waals surface area contributed by atoms with Gasteiger partial charge < -0.3 is 4.90 Å². The summed E-state index contributed by atoms with van der Waals surface area (Å²) in [5, 5.41) is 0. The summed E-state index contributed by atoms with van der Waals surface area (Å²) in [6.07, 6.45) is 9.27. The Bertz CT molecular complexity index is 383. The second kappa shape index (κ2) is 6.93. The lowest BCUT2D eigenvalue weighted by Gasteiger charge is -2.42. The highest BCUT2D eigenvalue weighted by molar-refractivity contribution is 5.84. The fourth-order valence-electron chi connectivity index (χ4n) is 4.46. The van der Waals surface area contributed by atoms with Crippen molar-refractivity contribution in [1.82, 2.24) is 4.90 Å². The summed E-state index contributed by atoms with van der Waals surface area (Å²) in [5.41, 5.74) is -0.124. The van der Waals surface area contributed by atoms with E-state index in [4.69, 9.17) is 0 Å². The van der Waals surface area contributed by atoms with Crippen molar-refractivity contribution in [3.8, 4) is 0 Å². The molecule has 1 aliphatic heterocycles. The van der Waals surface area contributed by atoms with Crippen LogP contribution in [-0.4, -0.2) is 29.2 Å². The Morgan fingerprint density at radius 1 is 1.14 bits per heavy atom. The normalized spacial score (nSPS) is 25.3. The number of likely N-dealkylation sites (tertiary alicyclic amines) is 1. The fraction of sp³-hybridized carbons (Fsp3) is 0.889. The smallest absolute Gasteiger partial charge is 0.229 e. The van der Waals surface area contributed by atoms with Crippen LogP contribution >= 0.6 is 0 Å². The van der Waals surface area contributed by atoms with E-state index in [1.165, 1.54) is 12.8 Å². The maximum absolute atomic E-state index is 13.3. The van der Waals surface area contributed by atoms with Gasteiger partial charge in [-0.25, -0.2) is 0 Å². The number of carbonyl (C=O) groups is 2. The van der Waals surface area contributed by atoms with E-state index in [-0.39, 0.29) is 17.2 Å². The van der Waals surface area contributed by atoms with Crippen molar-refractivity contribution in [2.45, 2.75) is 84.6 Å². The molecule has 3 heteroatoms. The van der Waals surface area contributed by atoms with Gasteiger partial charge in [-0.05, 0) is 51.4 Å². The molecule has 21 heavy (non-hydrogen) atoms. The third-order valence-corrected chi connectivity index (χ3v) is 5.22. The molecule has 1 heterocycles. The van der Waals surface area contributed by atoms with Gasteiger partial charge >= 0.3 is 0 Å². The molecule has 3 nitrogen and oxygen atoms in total. The minimum Gasteiger partial charge on any atom is -0.339 e. The summed E-state index contributed by atoms with van der Waals surface area (Å²) in [5.74, 6) is 1.13. The second-order valence-corrected chi connectivity index (χ2v) is 7.64. The van der Waals surface area contributed by atoms with E-state index in [9.17, 15) is 9.59 Å². The Balaban J connectivity index is 2.15. The third-order valence-electron chi connectivity index (χ3n) is 5.22. The minimum absolute atomic E-state index is 0.124. The fourth-order valence-corrected chi connectivity index (χ4v) is 4.46. The zero-order valence-corrected chi connectivity index (χ0v) is 14.0. The number of Topliss-reactive ketones (excluding diaryl/α,β-unsaturated/α-hetero) is 1. The lowest BCUT2D eigenvalue weighted by Crippen LogP contribution is -2.51. The summed E-state index contributed by atoms with van der Waals surface area (Å²) < 4.78 is 0. The molecule has 1 unspecified atom stereocenters. The molecule has 1 saturated carbocycles. The van der Waals surface area contributed by atoms with Crippen molar-refractivity contribution in [3.63, 3.8) is 0 Å². The molecule has 0 radical (unpaired) electrons. The number of hydrogen-bond donors (Lipinski definition) is 0. The molecular weight excluding hydrogens is 262 g/mol. The van der Waals surface area contributed by atoms with Gasteiger partial charge in [0.1, 0.15) is 5.78 Å². The molecule has 120 valence electrons. The Morgan fingerprint density at radius 3 is 2.38 bits per heavy atom. The molecule has 2 fully saturated rings. The Labute approximate surface area is 129 Å². The van der Waals surface area contributed by atoms with Crippen LogP contribution in [0, 0.1) is 11.3 Å². The van der Waals surface area contributed by atoms with E-state index in [0.717, 1.165) is 45.1 Å². The van der Waals surface area contributed by atoms with Gasteiger partial charge in [-0.3, -0.25) is 9.59 Å². The third kappa shape index (κ3) is 3.87. The molecular formula is C18H31NO2. The monoisotopic (exact) mass is 293 g/mol. The predicted molar refractivity (Wildman–Crippen MR) is 85.0 cm³/mol. The molecule has 2 rings (SSSR count). The number of carbonyl (C=O) groups excluding carboxylic acids is 2. The van der Waals surface area contributed by atoms with Crippen LogP contribution in [0.1, 0.15) is 78.6 Å². The molecule has 0 aromatic heterocycles. The Hall–Kier alpha value is -0.860. The zero-order chi connectivity index (χ0) is 15.5. The lowest BCUT2D eigenvalue weighted by atomic mass is 9.76. The first-order chi connectivity index (χ1) is 9.94. The van der Waals surface area contributed by atoms with Gasteiger partial charge in [-0.2, -0.15) is 0 Å². The average Bonchev–Trinajstić information content (AvgIpc) is 2.87. The first-order valence-corrected chi connectivity index (χ1v) is 8.75. The molecule has 0 N–H and O–H groups in total. The summed E-state index contributed by atoms with van der Waals surface area (Å²) in [6, 6.07) is 0.161. The van der Waals surface area contributed by atoms with E-state index in [1.54, 1.807) is 6.92 Å². The van der Waals surface area contributed by atoms with Gasteiger partial charge in [-0.15, -0.1) is 0 Å². The summed E-state index contributed by atoms with van der Waals surface area (Å²) in [4.78, 5) is 26.9. The topological polar surface area (TPSA) is 37.4 Å². The molecule has 0 aromatic carbocycles. The average molecular weight is 293 g/mol. The van der Waals surface area contributed by atoms with E-state index < -0.39 is 0 Å². The van der Waals surface area contributed by atoms with Crippen molar-refractivity contribution >= 4 is 11.7 Å². The van der Waals surface area contributed by atoms with E-state index in [0.29, 0.717) is 18.2 Å². The molecule has 1 saturated heterocycles. The van der Waals surface area contributed by atoms with Crippen LogP contribution in [0.4, 0.5) is 0 Å². The van der Waals surface area contributed by atoms with Crippen LogP contribution in [-0.2, 0) is 9.59 Å². The van der Waals surface area contributed by atoms with E-state index in [1.807, 2.05) is 0 Å². The molecule has 1 aliphatic carbocycles. The van der Waals surface area contributed by atoms with Crippen molar-refractivity contribution < 1.29 is 9.59 Å². The molecule has 1 amide bonds. The SMILES string of the molecule is CC(=O)CC1CCCCN1C(=O)C1(CC(C)C)CCCC1. The number of piperidine rings is 1. The lowest BCUT2D eigenvalue weighted by molar-refractivity contribution is -0.147. The van der Waals surface area contributed by atoms with Gasteiger partial charge in [0.15, 0.2) is 0 Å². The van der Waals surface area contributed by atoms with E-state index >= 15 is 0 Å². The Morgan fingerprint density at radius 2 is 1.81 bits per heavy atom. The highest BCUT2D eigenvalue weighted by Crippen LogP contribution is 2.45. The number of hydrogen-bond acceptors (Lipinski definition) is 2. The standard InChI is InChI=1S/C18H31NO2/c1-14(2)13-18(9-5-6-10-18)17(21)19-11-7-4-8-16(19)12-15(3)20/h14,16H,4-13H2,1-3H3. The van der Waals surface area contributed by atoms with E-state index in [2.05, 4.69) is 18.7 Å². The van der Waals surface area contributed by atoms with Gasteiger partial charge in [0.05, 0.1) is 0 Å². The summed E-state index contributed by atoms with van der Waals surface area (Å²) in [7, 11) is 0. The van der Waals surface area contributed by atoms with Crippen molar-refractivity contribution in [3.05, 3.63) is 0 Å². The maximum atomic E-state index is 13.3. The van der Waals surface area contributed by atoms with Crippen LogP contribution in [0.15, 0.2) is 0 Å². The van der Waals surface area contributed by atoms with Crippen LogP contribution in [0.3, 0.4) is 0 Å². The highest BCUT2D eigenvalue weighted by atomic mass is 16.2. The van der Waals surface area contributed by atoms with Gasteiger partial charge in [0, 0.05) is 24.4 Å².